The number of hydrogen-bond acceptors (Lipinski definition) is 2. The van der Waals surface area contributed by atoms with Crippen molar-refractivity contribution in [3.05, 3.63) is 0 Å². The van der Waals surface area contributed by atoms with Crippen molar-refractivity contribution in [1.29, 1.82) is 0 Å². The molecule has 0 radical (unpaired) electrons. The highest BCUT2D eigenvalue weighted by Crippen LogP contribution is 2.40. The number of hydrogen-bond donors (Lipinski definition) is 1. The van der Waals surface area contributed by atoms with Crippen LogP contribution in [-0.4, -0.2) is 37.1 Å². The van der Waals surface area contributed by atoms with Gasteiger partial charge in [0.2, 0.25) is 0 Å². The molecular weight excluding hydrogens is 244 g/mol. The topological polar surface area (TPSA) is 15.3 Å². The molecule has 1 N–H and O–H groups in total. The highest BCUT2D eigenvalue weighted by Gasteiger charge is 2.39. The van der Waals surface area contributed by atoms with Gasteiger partial charge in [0.25, 0.3) is 0 Å². The third-order valence-corrected chi connectivity index (χ3v) is 5.61. The van der Waals surface area contributed by atoms with Gasteiger partial charge in [-0.05, 0) is 55.5 Å². The number of nitrogens with zero attached hydrogens (tertiary/aromatic N) is 1. The first-order chi connectivity index (χ1) is 9.34. The van der Waals surface area contributed by atoms with Crippen LogP contribution in [0.15, 0.2) is 0 Å². The summed E-state index contributed by atoms with van der Waals surface area (Å²) in [7, 11) is 0. The summed E-state index contributed by atoms with van der Waals surface area (Å²) in [5, 5.41) is 3.81. The van der Waals surface area contributed by atoms with Gasteiger partial charge in [0.05, 0.1) is 0 Å². The predicted octanol–water partition coefficient (Wildman–Crippen LogP) is 3.91. The molecule has 1 heterocycles. The minimum atomic E-state index is 0.463. The molecule has 2 unspecified atom stereocenters. The highest BCUT2D eigenvalue weighted by atomic mass is 15.1. The molecule has 118 valence electrons. The minimum Gasteiger partial charge on any atom is -0.313 e. The molecule has 1 aliphatic carbocycles. The third-order valence-electron chi connectivity index (χ3n) is 5.61. The zero-order chi connectivity index (χ0) is 14.8. The van der Waals surface area contributed by atoms with Gasteiger partial charge in [0, 0.05) is 19.1 Å². The Kier molecular flexibility index (Phi) is 5.18. The molecule has 0 amide bonds. The lowest BCUT2D eigenvalue weighted by Crippen LogP contribution is -2.54. The van der Waals surface area contributed by atoms with Crippen molar-refractivity contribution < 1.29 is 0 Å². The third kappa shape index (κ3) is 3.98. The van der Waals surface area contributed by atoms with E-state index >= 15 is 0 Å². The summed E-state index contributed by atoms with van der Waals surface area (Å²) in [6.45, 7) is 17.1. The molecule has 2 fully saturated rings. The van der Waals surface area contributed by atoms with E-state index in [0.717, 1.165) is 12.5 Å². The fraction of sp³-hybridized carbons (Fsp3) is 1.00. The molecule has 0 aromatic carbocycles. The standard InChI is InChI=1S/C18H36N2/c1-6-19-16-15(9-7-11-18(16,4)5)13-20-12-8-10-17(2,3)14-20/h15-16,19H,6-14H2,1-5H3. The molecule has 0 aromatic rings. The monoisotopic (exact) mass is 280 g/mol. The van der Waals surface area contributed by atoms with E-state index in [0.29, 0.717) is 16.9 Å². The van der Waals surface area contributed by atoms with Gasteiger partial charge in [0.1, 0.15) is 0 Å². The van der Waals surface area contributed by atoms with E-state index in [1.165, 1.54) is 51.7 Å². The van der Waals surface area contributed by atoms with Gasteiger partial charge in [-0.1, -0.05) is 41.0 Å². The summed E-state index contributed by atoms with van der Waals surface area (Å²) < 4.78 is 0. The van der Waals surface area contributed by atoms with Crippen molar-refractivity contribution in [2.75, 3.05) is 26.2 Å². The first-order valence-corrected chi connectivity index (χ1v) is 8.80. The molecule has 0 spiro atoms. The molecule has 2 heteroatoms. The molecule has 1 aliphatic heterocycles. The maximum Gasteiger partial charge on any atom is 0.0159 e. The molecule has 2 rings (SSSR count). The van der Waals surface area contributed by atoms with Crippen LogP contribution in [0.25, 0.3) is 0 Å². The van der Waals surface area contributed by atoms with Crippen molar-refractivity contribution in [1.82, 2.24) is 10.2 Å². The molecular formula is C18H36N2. The molecule has 2 atom stereocenters. The Bertz CT molecular complexity index is 309. The van der Waals surface area contributed by atoms with Crippen LogP contribution in [0.2, 0.25) is 0 Å². The van der Waals surface area contributed by atoms with Gasteiger partial charge >= 0.3 is 0 Å². The van der Waals surface area contributed by atoms with Crippen LogP contribution in [0.1, 0.15) is 66.7 Å². The van der Waals surface area contributed by atoms with Crippen molar-refractivity contribution in [2.24, 2.45) is 16.7 Å². The summed E-state index contributed by atoms with van der Waals surface area (Å²) >= 11 is 0. The Labute approximate surface area is 126 Å². The van der Waals surface area contributed by atoms with Crippen LogP contribution in [0.4, 0.5) is 0 Å². The zero-order valence-electron chi connectivity index (χ0n) is 14.5. The molecule has 1 saturated heterocycles. The zero-order valence-corrected chi connectivity index (χ0v) is 14.5. The molecule has 2 nitrogen and oxygen atoms in total. The van der Waals surface area contributed by atoms with Gasteiger partial charge in [-0.15, -0.1) is 0 Å². The Morgan fingerprint density at radius 2 is 1.85 bits per heavy atom. The molecule has 0 aromatic heterocycles. The van der Waals surface area contributed by atoms with Gasteiger partial charge in [-0.3, -0.25) is 0 Å². The summed E-state index contributed by atoms with van der Waals surface area (Å²) in [6.07, 6.45) is 6.99. The maximum atomic E-state index is 3.81. The van der Waals surface area contributed by atoms with E-state index < -0.39 is 0 Å². The number of piperidine rings is 1. The first kappa shape index (κ1) is 16.3. The second-order valence-corrected chi connectivity index (χ2v) is 8.68. The van der Waals surface area contributed by atoms with Crippen molar-refractivity contribution >= 4 is 0 Å². The Balaban J connectivity index is 1.99. The van der Waals surface area contributed by atoms with Crippen molar-refractivity contribution in [2.45, 2.75) is 72.8 Å². The van der Waals surface area contributed by atoms with Crippen LogP contribution in [0.3, 0.4) is 0 Å². The van der Waals surface area contributed by atoms with Gasteiger partial charge in [0.15, 0.2) is 0 Å². The lowest BCUT2D eigenvalue weighted by molar-refractivity contribution is 0.0487. The van der Waals surface area contributed by atoms with Crippen LogP contribution < -0.4 is 5.32 Å². The predicted molar refractivity (Wildman–Crippen MR) is 88.0 cm³/mol. The van der Waals surface area contributed by atoms with Crippen LogP contribution in [-0.2, 0) is 0 Å². The number of nitrogens with one attached hydrogen (secondary N) is 1. The van der Waals surface area contributed by atoms with E-state index in [1.54, 1.807) is 0 Å². The Morgan fingerprint density at radius 3 is 2.50 bits per heavy atom. The van der Waals surface area contributed by atoms with Crippen molar-refractivity contribution in [3.8, 4) is 0 Å². The van der Waals surface area contributed by atoms with Crippen LogP contribution in [0, 0.1) is 16.7 Å². The number of rotatable bonds is 4. The average molecular weight is 280 g/mol. The Hall–Kier alpha value is -0.0800. The molecule has 2 aliphatic rings. The second-order valence-electron chi connectivity index (χ2n) is 8.68. The Morgan fingerprint density at radius 1 is 1.10 bits per heavy atom. The van der Waals surface area contributed by atoms with Crippen LogP contribution >= 0.6 is 0 Å². The fourth-order valence-corrected chi connectivity index (χ4v) is 4.67. The van der Waals surface area contributed by atoms with Gasteiger partial charge < -0.3 is 10.2 Å². The average Bonchev–Trinajstić information content (AvgIpc) is 2.32. The number of likely N-dealkylation sites (tertiary alicyclic amines) is 1. The fourth-order valence-electron chi connectivity index (χ4n) is 4.67. The van der Waals surface area contributed by atoms with E-state index in [1.807, 2.05) is 0 Å². The molecule has 0 bridgehead atoms. The minimum absolute atomic E-state index is 0.463. The maximum absolute atomic E-state index is 3.81. The lowest BCUT2D eigenvalue weighted by atomic mass is 9.67. The van der Waals surface area contributed by atoms with Crippen LogP contribution in [0.5, 0.6) is 0 Å². The molecule has 20 heavy (non-hydrogen) atoms. The van der Waals surface area contributed by atoms with Gasteiger partial charge in [-0.25, -0.2) is 0 Å². The summed E-state index contributed by atoms with van der Waals surface area (Å²) in [5.74, 6) is 0.840. The van der Waals surface area contributed by atoms with E-state index in [4.69, 9.17) is 0 Å². The first-order valence-electron chi connectivity index (χ1n) is 8.80. The summed E-state index contributed by atoms with van der Waals surface area (Å²) in [6, 6.07) is 0.700. The smallest absolute Gasteiger partial charge is 0.0159 e. The normalized spacial score (nSPS) is 34.0. The largest absolute Gasteiger partial charge is 0.313 e. The second kappa shape index (κ2) is 6.36. The van der Waals surface area contributed by atoms with E-state index in [2.05, 4.69) is 44.8 Å². The highest BCUT2D eigenvalue weighted by molar-refractivity contribution is 4.95. The van der Waals surface area contributed by atoms with E-state index in [9.17, 15) is 0 Å². The quantitative estimate of drug-likeness (QED) is 0.840. The SMILES string of the molecule is CCNC1C(CN2CCCC(C)(C)C2)CCCC1(C)C. The van der Waals surface area contributed by atoms with Gasteiger partial charge in [-0.2, -0.15) is 0 Å². The van der Waals surface area contributed by atoms with Crippen molar-refractivity contribution in [3.63, 3.8) is 0 Å². The summed E-state index contributed by atoms with van der Waals surface area (Å²) in [5.41, 5.74) is 0.986. The molecule has 1 saturated carbocycles. The van der Waals surface area contributed by atoms with E-state index in [-0.39, 0.29) is 0 Å². The lowest BCUT2D eigenvalue weighted by Gasteiger charge is -2.47. The summed E-state index contributed by atoms with van der Waals surface area (Å²) in [4.78, 5) is 2.75.